The number of rotatable bonds is 6. The van der Waals surface area contributed by atoms with Gasteiger partial charge in [0, 0.05) is 25.0 Å². The molecule has 0 spiro atoms. The fraction of sp³-hybridized carbons (Fsp3) is 0.550. The molecule has 0 radical (unpaired) electrons. The molecule has 2 N–H and O–H groups in total. The molecule has 2 heterocycles. The number of carbonyl (C=O) groups is 2. The van der Waals surface area contributed by atoms with Gasteiger partial charge < -0.3 is 19.5 Å². The number of fused-ring (bicyclic) bond motifs is 1. The van der Waals surface area contributed by atoms with E-state index in [-0.39, 0.29) is 23.8 Å². The Kier molecular flexibility index (Phi) is 6.11. The molecule has 7 heteroatoms. The number of hydrogen-bond acceptors (Lipinski definition) is 4. The van der Waals surface area contributed by atoms with Crippen molar-refractivity contribution < 1.29 is 18.9 Å². The summed E-state index contributed by atoms with van der Waals surface area (Å²) < 4.78 is 5.88. The Bertz CT molecular complexity index is 760. The lowest BCUT2D eigenvalue weighted by atomic mass is 9.97. The van der Waals surface area contributed by atoms with Crippen LogP contribution in [-0.4, -0.2) is 61.0 Å². The highest BCUT2D eigenvalue weighted by atomic mass is 16.3. The number of benzene rings is 1. The predicted molar refractivity (Wildman–Crippen MR) is 102 cm³/mol. The van der Waals surface area contributed by atoms with Gasteiger partial charge in [-0.15, -0.1) is 0 Å². The SMILES string of the molecule is CC(C)NC(=O)C[NH+](C)CC(=O)N1CCC(c2nc3ccccc3o2)CC1. The Labute approximate surface area is 159 Å². The molecule has 1 atom stereocenters. The van der Waals surface area contributed by atoms with Gasteiger partial charge in [-0.1, -0.05) is 12.1 Å². The molecule has 0 bridgehead atoms. The van der Waals surface area contributed by atoms with E-state index in [1.54, 1.807) is 0 Å². The topological polar surface area (TPSA) is 79.9 Å². The van der Waals surface area contributed by atoms with Gasteiger partial charge in [-0.05, 0) is 38.8 Å². The van der Waals surface area contributed by atoms with Crippen LogP contribution in [-0.2, 0) is 9.59 Å². The summed E-state index contributed by atoms with van der Waals surface area (Å²) in [5, 5.41) is 2.86. The smallest absolute Gasteiger partial charge is 0.277 e. The Morgan fingerprint density at radius 1 is 1.26 bits per heavy atom. The quantitative estimate of drug-likeness (QED) is 0.776. The summed E-state index contributed by atoms with van der Waals surface area (Å²) in [4.78, 5) is 31.7. The Balaban J connectivity index is 1.48. The first-order valence-corrected chi connectivity index (χ1v) is 9.66. The van der Waals surface area contributed by atoms with Crippen LogP contribution in [0.3, 0.4) is 0 Å². The Hall–Kier alpha value is -2.41. The summed E-state index contributed by atoms with van der Waals surface area (Å²) in [6, 6.07) is 7.90. The molecule has 1 aromatic heterocycles. The van der Waals surface area contributed by atoms with Crippen molar-refractivity contribution in [2.24, 2.45) is 0 Å². The summed E-state index contributed by atoms with van der Waals surface area (Å²) in [6.45, 7) is 5.91. The monoisotopic (exact) mass is 373 g/mol. The second kappa shape index (κ2) is 8.52. The third-order valence-corrected chi connectivity index (χ3v) is 4.87. The van der Waals surface area contributed by atoms with E-state index in [9.17, 15) is 9.59 Å². The molecule has 2 amide bonds. The molecular weight excluding hydrogens is 344 g/mol. The van der Waals surface area contributed by atoms with Gasteiger partial charge in [0.2, 0.25) is 0 Å². The number of para-hydroxylation sites is 2. The average molecular weight is 373 g/mol. The molecule has 1 aliphatic rings. The number of quaternary nitrogens is 1. The largest absolute Gasteiger partial charge is 0.440 e. The van der Waals surface area contributed by atoms with E-state index < -0.39 is 0 Å². The lowest BCUT2D eigenvalue weighted by Gasteiger charge is -2.31. The van der Waals surface area contributed by atoms with E-state index in [4.69, 9.17) is 4.42 Å². The van der Waals surface area contributed by atoms with Gasteiger partial charge in [-0.3, -0.25) is 9.59 Å². The number of carbonyl (C=O) groups excluding carboxylic acids is 2. The predicted octanol–water partition coefficient (Wildman–Crippen LogP) is 0.573. The molecule has 1 aromatic carbocycles. The standard InChI is InChI=1S/C20H28N4O3/c1-14(2)21-18(25)12-23(3)13-19(26)24-10-8-15(9-11-24)20-22-16-6-4-5-7-17(16)27-20/h4-7,14-15H,8-13H2,1-3H3,(H,21,25)/p+1. The highest BCUT2D eigenvalue weighted by Crippen LogP contribution is 2.29. The summed E-state index contributed by atoms with van der Waals surface area (Å²) in [5.74, 6) is 1.10. The molecule has 7 nitrogen and oxygen atoms in total. The Morgan fingerprint density at radius 3 is 2.63 bits per heavy atom. The van der Waals surface area contributed by atoms with Crippen molar-refractivity contribution in [3.63, 3.8) is 0 Å². The number of nitrogens with one attached hydrogen (secondary N) is 2. The van der Waals surface area contributed by atoms with Crippen molar-refractivity contribution in [1.82, 2.24) is 15.2 Å². The first-order valence-electron chi connectivity index (χ1n) is 9.66. The zero-order valence-electron chi connectivity index (χ0n) is 16.3. The number of likely N-dealkylation sites (tertiary alicyclic amines) is 1. The highest BCUT2D eigenvalue weighted by molar-refractivity contribution is 5.79. The zero-order chi connectivity index (χ0) is 19.4. The van der Waals surface area contributed by atoms with Gasteiger partial charge in [0.1, 0.15) is 5.52 Å². The molecule has 1 saturated heterocycles. The van der Waals surface area contributed by atoms with Crippen molar-refractivity contribution in [3.05, 3.63) is 30.2 Å². The van der Waals surface area contributed by atoms with Crippen LogP contribution in [0.4, 0.5) is 0 Å². The molecule has 3 rings (SSSR count). The second-order valence-corrected chi connectivity index (χ2v) is 7.71. The number of aromatic nitrogens is 1. The first-order chi connectivity index (χ1) is 12.9. The van der Waals surface area contributed by atoms with Crippen LogP contribution in [0.15, 0.2) is 28.7 Å². The van der Waals surface area contributed by atoms with Gasteiger partial charge in [-0.2, -0.15) is 0 Å². The van der Waals surface area contributed by atoms with Crippen molar-refractivity contribution in [2.45, 2.75) is 38.6 Å². The van der Waals surface area contributed by atoms with Gasteiger partial charge in [0.25, 0.3) is 11.8 Å². The molecule has 0 saturated carbocycles. The fourth-order valence-electron chi connectivity index (χ4n) is 3.52. The van der Waals surface area contributed by atoms with Crippen LogP contribution in [0, 0.1) is 0 Å². The van der Waals surface area contributed by atoms with Gasteiger partial charge >= 0.3 is 0 Å². The number of hydrogen-bond donors (Lipinski definition) is 2. The summed E-state index contributed by atoms with van der Waals surface area (Å²) in [5.41, 5.74) is 1.70. The van der Waals surface area contributed by atoms with E-state index in [0.29, 0.717) is 26.2 Å². The minimum atomic E-state index is -0.0232. The minimum Gasteiger partial charge on any atom is -0.440 e. The third-order valence-electron chi connectivity index (χ3n) is 4.87. The van der Waals surface area contributed by atoms with Crippen LogP contribution < -0.4 is 10.2 Å². The highest BCUT2D eigenvalue weighted by Gasteiger charge is 2.28. The van der Waals surface area contributed by atoms with E-state index in [2.05, 4.69) is 10.3 Å². The van der Waals surface area contributed by atoms with Crippen LogP contribution in [0.2, 0.25) is 0 Å². The van der Waals surface area contributed by atoms with Crippen molar-refractivity contribution in [1.29, 1.82) is 0 Å². The molecule has 27 heavy (non-hydrogen) atoms. The average Bonchev–Trinajstić information content (AvgIpc) is 3.05. The minimum absolute atomic E-state index is 0.0232. The van der Waals surface area contributed by atoms with Crippen molar-refractivity contribution in [3.8, 4) is 0 Å². The van der Waals surface area contributed by atoms with E-state index in [1.807, 2.05) is 50.1 Å². The number of oxazole rings is 1. The molecule has 2 aromatic rings. The van der Waals surface area contributed by atoms with Crippen molar-refractivity contribution in [2.75, 3.05) is 33.2 Å². The van der Waals surface area contributed by atoms with Crippen LogP contribution in [0.1, 0.15) is 38.5 Å². The molecule has 146 valence electrons. The maximum atomic E-state index is 12.5. The number of amides is 2. The molecule has 1 unspecified atom stereocenters. The molecule has 1 aliphatic heterocycles. The van der Waals surface area contributed by atoms with E-state index >= 15 is 0 Å². The van der Waals surface area contributed by atoms with Crippen LogP contribution in [0.5, 0.6) is 0 Å². The van der Waals surface area contributed by atoms with Crippen LogP contribution >= 0.6 is 0 Å². The van der Waals surface area contributed by atoms with Gasteiger partial charge in [0.15, 0.2) is 24.6 Å². The number of likely N-dealkylation sites (N-methyl/N-ethyl adjacent to an activating group) is 1. The first kappa shape index (κ1) is 19.4. The summed E-state index contributed by atoms with van der Waals surface area (Å²) in [7, 11) is 1.88. The van der Waals surface area contributed by atoms with Gasteiger partial charge in [0.05, 0.1) is 7.05 Å². The number of piperidine rings is 1. The number of nitrogens with zero attached hydrogens (tertiary/aromatic N) is 2. The zero-order valence-corrected chi connectivity index (χ0v) is 16.3. The lowest BCUT2D eigenvalue weighted by Crippen LogP contribution is -3.11. The second-order valence-electron chi connectivity index (χ2n) is 7.71. The van der Waals surface area contributed by atoms with E-state index in [1.165, 1.54) is 0 Å². The fourth-order valence-corrected chi connectivity index (χ4v) is 3.52. The summed E-state index contributed by atoms with van der Waals surface area (Å²) in [6.07, 6.45) is 1.71. The lowest BCUT2D eigenvalue weighted by molar-refractivity contribution is -0.863. The third kappa shape index (κ3) is 5.07. The maximum Gasteiger partial charge on any atom is 0.277 e. The van der Waals surface area contributed by atoms with Crippen LogP contribution in [0.25, 0.3) is 11.1 Å². The van der Waals surface area contributed by atoms with Crippen molar-refractivity contribution >= 4 is 22.9 Å². The normalized spacial score (nSPS) is 16.7. The Morgan fingerprint density at radius 2 is 1.96 bits per heavy atom. The summed E-state index contributed by atoms with van der Waals surface area (Å²) >= 11 is 0. The molecule has 1 fully saturated rings. The maximum absolute atomic E-state index is 12.5. The molecule has 0 aliphatic carbocycles. The van der Waals surface area contributed by atoms with Gasteiger partial charge in [-0.25, -0.2) is 4.98 Å². The molecular formula is C20H29N4O3+. The van der Waals surface area contributed by atoms with E-state index in [0.717, 1.165) is 34.7 Å².